The normalized spacial score (nSPS) is 28.8. The van der Waals surface area contributed by atoms with Crippen LogP contribution in [-0.4, -0.2) is 23.4 Å². The van der Waals surface area contributed by atoms with Crippen LogP contribution in [0.2, 0.25) is 0 Å². The van der Waals surface area contributed by atoms with Gasteiger partial charge in [-0.2, -0.15) is 0 Å². The first-order valence-corrected chi connectivity index (χ1v) is 10.3. The Morgan fingerprint density at radius 1 is 0.565 bits per heavy atom. The molecule has 134 valence electrons. The summed E-state index contributed by atoms with van der Waals surface area (Å²) in [6.45, 7) is 0.717. The highest BCUT2D eigenvalue weighted by atomic mass is 16.3. The lowest BCUT2D eigenvalue weighted by molar-refractivity contribution is 0.256. The first kappa shape index (κ1) is 19.0. The summed E-state index contributed by atoms with van der Waals surface area (Å²) in [5.74, 6) is 3.69. The molecule has 4 atom stereocenters. The number of hydrogen-bond acceptors (Lipinski definition) is 2. The van der Waals surface area contributed by atoms with Gasteiger partial charge in [-0.1, -0.05) is 63.5 Å². The summed E-state index contributed by atoms with van der Waals surface area (Å²) in [5, 5.41) is 17.7. The van der Waals surface area contributed by atoms with Crippen LogP contribution in [0, 0.1) is 23.7 Å². The summed E-state index contributed by atoms with van der Waals surface area (Å²) in [5.41, 5.74) is 0. The average molecular weight is 323 g/mol. The Kier molecular flexibility index (Phi) is 9.29. The number of allylic oxidation sites excluding steroid dienone is 2. The SMILES string of the molecule is OCCCCCCCC1C2C=CC(C2)C1CCCCCCCO. The molecule has 2 nitrogen and oxygen atoms in total. The average Bonchev–Trinajstić information content (AvgIpc) is 3.16. The van der Waals surface area contributed by atoms with Crippen molar-refractivity contribution >= 4 is 0 Å². The summed E-state index contributed by atoms with van der Waals surface area (Å²) in [6.07, 6.45) is 21.8. The Balaban J connectivity index is 1.61. The van der Waals surface area contributed by atoms with Gasteiger partial charge in [-0.25, -0.2) is 0 Å². The van der Waals surface area contributed by atoms with E-state index >= 15 is 0 Å². The van der Waals surface area contributed by atoms with Gasteiger partial charge in [-0.15, -0.1) is 0 Å². The van der Waals surface area contributed by atoms with E-state index in [1.165, 1.54) is 70.6 Å². The molecule has 2 rings (SSSR count). The van der Waals surface area contributed by atoms with Crippen LogP contribution in [0.25, 0.3) is 0 Å². The molecule has 0 spiro atoms. The molecule has 23 heavy (non-hydrogen) atoms. The lowest BCUT2D eigenvalue weighted by atomic mass is 9.77. The van der Waals surface area contributed by atoms with Gasteiger partial charge < -0.3 is 10.2 Å². The molecule has 2 aliphatic rings. The molecule has 0 aromatic rings. The first-order chi connectivity index (χ1) is 11.4. The highest BCUT2D eigenvalue weighted by Crippen LogP contribution is 2.51. The third-order valence-corrected chi connectivity index (χ3v) is 6.19. The van der Waals surface area contributed by atoms with Crippen molar-refractivity contribution in [2.75, 3.05) is 13.2 Å². The fraction of sp³-hybridized carbons (Fsp3) is 0.905. The standard InChI is InChI=1S/C21H38O2/c22-15-9-5-1-3-7-11-20-18-13-14-19(17-18)21(20)12-8-4-2-6-10-16-23/h13-14,18-23H,1-12,15-17H2. The van der Waals surface area contributed by atoms with E-state index in [1.54, 1.807) is 0 Å². The maximum Gasteiger partial charge on any atom is 0.0431 e. The van der Waals surface area contributed by atoms with Gasteiger partial charge in [-0.3, -0.25) is 0 Å². The van der Waals surface area contributed by atoms with Gasteiger partial charge in [0.05, 0.1) is 0 Å². The van der Waals surface area contributed by atoms with E-state index in [0.29, 0.717) is 13.2 Å². The fourth-order valence-corrected chi connectivity index (χ4v) is 4.93. The van der Waals surface area contributed by atoms with Crippen molar-refractivity contribution in [1.82, 2.24) is 0 Å². The summed E-state index contributed by atoms with van der Waals surface area (Å²) in [6, 6.07) is 0. The highest BCUT2D eigenvalue weighted by Gasteiger charge is 2.42. The summed E-state index contributed by atoms with van der Waals surface area (Å²) < 4.78 is 0. The smallest absolute Gasteiger partial charge is 0.0431 e. The lowest BCUT2D eigenvalue weighted by Crippen LogP contribution is -2.19. The van der Waals surface area contributed by atoms with Gasteiger partial charge in [0.15, 0.2) is 0 Å². The molecule has 0 heterocycles. The van der Waals surface area contributed by atoms with E-state index < -0.39 is 0 Å². The van der Waals surface area contributed by atoms with E-state index in [9.17, 15) is 0 Å². The number of unbranched alkanes of at least 4 members (excludes halogenated alkanes) is 8. The molecule has 2 heteroatoms. The van der Waals surface area contributed by atoms with Gasteiger partial charge in [0, 0.05) is 13.2 Å². The molecule has 4 unspecified atom stereocenters. The van der Waals surface area contributed by atoms with Gasteiger partial charge >= 0.3 is 0 Å². The van der Waals surface area contributed by atoms with Crippen molar-refractivity contribution in [3.8, 4) is 0 Å². The monoisotopic (exact) mass is 322 g/mol. The van der Waals surface area contributed by atoms with Gasteiger partial charge in [-0.05, 0) is 55.8 Å². The Labute approximate surface area is 143 Å². The molecule has 2 aliphatic carbocycles. The minimum absolute atomic E-state index is 0.359. The van der Waals surface area contributed by atoms with Gasteiger partial charge in [0.2, 0.25) is 0 Å². The third-order valence-electron chi connectivity index (χ3n) is 6.19. The molecule has 0 aliphatic heterocycles. The van der Waals surface area contributed by atoms with E-state index in [0.717, 1.165) is 36.5 Å². The largest absolute Gasteiger partial charge is 0.396 e. The van der Waals surface area contributed by atoms with E-state index in [-0.39, 0.29) is 0 Å². The van der Waals surface area contributed by atoms with Crippen molar-refractivity contribution in [3.63, 3.8) is 0 Å². The molecule has 1 fully saturated rings. The zero-order chi connectivity index (χ0) is 16.3. The number of fused-ring (bicyclic) bond motifs is 2. The Hall–Kier alpha value is -0.340. The van der Waals surface area contributed by atoms with Crippen LogP contribution in [0.1, 0.15) is 83.5 Å². The second-order valence-electron chi connectivity index (χ2n) is 7.84. The van der Waals surface area contributed by atoms with E-state index in [1.807, 2.05) is 0 Å². The summed E-state index contributed by atoms with van der Waals surface area (Å²) in [7, 11) is 0. The van der Waals surface area contributed by atoms with Crippen molar-refractivity contribution in [1.29, 1.82) is 0 Å². The molecule has 0 amide bonds. The lowest BCUT2D eigenvalue weighted by Gasteiger charge is -2.28. The molecule has 0 aromatic heterocycles. The zero-order valence-electron chi connectivity index (χ0n) is 15.0. The second-order valence-corrected chi connectivity index (χ2v) is 7.84. The Bertz CT molecular complexity index is 296. The number of aliphatic hydroxyl groups excluding tert-OH is 2. The molecule has 0 aromatic carbocycles. The van der Waals surface area contributed by atoms with Crippen LogP contribution in [0.4, 0.5) is 0 Å². The molecule has 0 radical (unpaired) electrons. The predicted octanol–water partition coefficient (Wildman–Crippen LogP) is 5.09. The van der Waals surface area contributed by atoms with E-state index in [4.69, 9.17) is 10.2 Å². The van der Waals surface area contributed by atoms with E-state index in [2.05, 4.69) is 12.2 Å². The quantitative estimate of drug-likeness (QED) is 0.345. The third kappa shape index (κ3) is 6.23. The minimum atomic E-state index is 0.359. The maximum atomic E-state index is 8.83. The van der Waals surface area contributed by atoms with Crippen LogP contribution in [0.5, 0.6) is 0 Å². The summed E-state index contributed by atoms with van der Waals surface area (Å²) >= 11 is 0. The molecule has 2 N–H and O–H groups in total. The number of rotatable bonds is 14. The molecule has 0 saturated heterocycles. The van der Waals surface area contributed by atoms with Crippen molar-refractivity contribution in [2.45, 2.75) is 83.5 Å². The van der Waals surface area contributed by atoms with Crippen LogP contribution >= 0.6 is 0 Å². The second kappa shape index (κ2) is 11.3. The maximum absolute atomic E-state index is 8.83. The topological polar surface area (TPSA) is 40.5 Å². The Morgan fingerprint density at radius 2 is 0.957 bits per heavy atom. The van der Waals surface area contributed by atoms with Crippen molar-refractivity contribution in [3.05, 3.63) is 12.2 Å². The van der Waals surface area contributed by atoms with Crippen LogP contribution in [0.3, 0.4) is 0 Å². The van der Waals surface area contributed by atoms with Crippen LogP contribution < -0.4 is 0 Å². The van der Waals surface area contributed by atoms with Crippen molar-refractivity contribution < 1.29 is 10.2 Å². The highest BCUT2D eigenvalue weighted by molar-refractivity contribution is 5.13. The molecule has 2 bridgehead atoms. The fourth-order valence-electron chi connectivity index (χ4n) is 4.93. The molecule has 1 saturated carbocycles. The van der Waals surface area contributed by atoms with Gasteiger partial charge in [0.25, 0.3) is 0 Å². The summed E-state index contributed by atoms with van der Waals surface area (Å²) in [4.78, 5) is 0. The minimum Gasteiger partial charge on any atom is -0.396 e. The number of hydrogen-bond donors (Lipinski definition) is 2. The Morgan fingerprint density at radius 3 is 1.39 bits per heavy atom. The zero-order valence-corrected chi connectivity index (χ0v) is 15.0. The molecular weight excluding hydrogens is 284 g/mol. The number of aliphatic hydroxyl groups is 2. The first-order valence-electron chi connectivity index (χ1n) is 10.3. The van der Waals surface area contributed by atoms with Crippen LogP contribution in [-0.2, 0) is 0 Å². The van der Waals surface area contributed by atoms with Crippen molar-refractivity contribution in [2.24, 2.45) is 23.7 Å². The van der Waals surface area contributed by atoms with Crippen LogP contribution in [0.15, 0.2) is 12.2 Å². The predicted molar refractivity (Wildman–Crippen MR) is 97.3 cm³/mol. The van der Waals surface area contributed by atoms with Gasteiger partial charge in [0.1, 0.15) is 0 Å². The molecular formula is C21H38O2.